The molecule has 0 saturated carbocycles. The van der Waals surface area contributed by atoms with Crippen molar-refractivity contribution in [1.82, 2.24) is 4.57 Å². The molecular weight excluding hydrogens is 585 g/mol. The Kier molecular flexibility index (Phi) is 5.75. The van der Waals surface area contributed by atoms with Crippen LogP contribution >= 0.6 is 0 Å². The first-order valence-corrected chi connectivity index (χ1v) is 16.9. The molecule has 1 aliphatic heterocycles. The van der Waals surface area contributed by atoms with Gasteiger partial charge in [0.15, 0.2) is 0 Å². The topological polar surface area (TPSA) is 17.4 Å². The fourth-order valence-corrected chi connectivity index (χ4v) is 8.35. The van der Waals surface area contributed by atoms with Gasteiger partial charge in [0, 0.05) is 56.5 Å². The number of para-hydroxylation sites is 2. The molecule has 0 saturated heterocycles. The number of ether oxygens (including phenoxy) is 1. The number of benzene rings is 6. The van der Waals surface area contributed by atoms with E-state index in [-0.39, 0.29) is 11.5 Å². The third-order valence-corrected chi connectivity index (χ3v) is 10.7. The van der Waals surface area contributed by atoms with Gasteiger partial charge in [-0.2, -0.15) is 0 Å². The van der Waals surface area contributed by atoms with E-state index in [2.05, 4.69) is 175 Å². The molecule has 0 radical (unpaired) electrons. The first-order valence-electron chi connectivity index (χ1n) is 16.9. The molecule has 3 heteroatoms. The van der Waals surface area contributed by atoms with Gasteiger partial charge in [0.1, 0.15) is 11.9 Å². The molecule has 7 aromatic rings. The van der Waals surface area contributed by atoms with Gasteiger partial charge < -0.3 is 14.2 Å². The summed E-state index contributed by atoms with van der Waals surface area (Å²) in [6.07, 6.45) is 7.56. The molecule has 2 aliphatic carbocycles. The second-order valence-corrected chi connectivity index (χ2v) is 13.7. The van der Waals surface area contributed by atoms with Gasteiger partial charge in [-0.25, -0.2) is 0 Å². The maximum Gasteiger partial charge on any atom is 0.128 e. The van der Waals surface area contributed by atoms with Crippen LogP contribution in [0.15, 0.2) is 152 Å². The van der Waals surface area contributed by atoms with Crippen LogP contribution in [-0.4, -0.2) is 10.7 Å². The number of hydrogen-bond donors (Lipinski definition) is 0. The first-order chi connectivity index (χ1) is 23.6. The van der Waals surface area contributed by atoms with E-state index in [9.17, 15) is 0 Å². The molecule has 2 heterocycles. The summed E-state index contributed by atoms with van der Waals surface area (Å²) in [6, 6.07) is 49.0. The van der Waals surface area contributed by atoms with Crippen LogP contribution in [0.5, 0.6) is 5.75 Å². The summed E-state index contributed by atoms with van der Waals surface area (Å²) in [7, 11) is 0. The van der Waals surface area contributed by atoms with Crippen LogP contribution in [0.4, 0.5) is 17.1 Å². The number of hydrogen-bond acceptors (Lipinski definition) is 2. The Morgan fingerprint density at radius 2 is 1.27 bits per heavy atom. The Morgan fingerprint density at radius 1 is 0.625 bits per heavy atom. The van der Waals surface area contributed by atoms with Gasteiger partial charge in [-0.05, 0) is 89.0 Å². The molecule has 0 N–H and O–H groups in total. The fourth-order valence-electron chi connectivity index (χ4n) is 8.35. The molecule has 3 aliphatic rings. The predicted molar refractivity (Wildman–Crippen MR) is 199 cm³/mol. The standard InChI is InChI=1S/C45H34N2O/c1-45(2)39-15-7-3-11-33(39)34-25-23-32(28-40(34)45)46(31-24-26-44-38(27-31)37-14-6-10-18-43(37)48-44)29-19-21-30(22-20-29)47-41-16-8-4-12-35(41)36-13-5-9-17-42(36)47/h3-17,19-28,43H,18H2,1-2H3. The normalized spacial score (nSPS) is 16.6. The van der Waals surface area contributed by atoms with Crippen molar-refractivity contribution in [2.45, 2.75) is 31.8 Å². The van der Waals surface area contributed by atoms with Gasteiger partial charge in [0.2, 0.25) is 0 Å². The summed E-state index contributed by atoms with van der Waals surface area (Å²) in [5.74, 6) is 0.964. The number of rotatable bonds is 4. The monoisotopic (exact) mass is 618 g/mol. The van der Waals surface area contributed by atoms with Crippen molar-refractivity contribution in [3.05, 3.63) is 168 Å². The highest BCUT2D eigenvalue weighted by molar-refractivity contribution is 6.09. The van der Waals surface area contributed by atoms with Gasteiger partial charge in [-0.1, -0.05) is 98.8 Å². The van der Waals surface area contributed by atoms with Gasteiger partial charge >= 0.3 is 0 Å². The lowest BCUT2D eigenvalue weighted by atomic mass is 9.82. The van der Waals surface area contributed by atoms with E-state index in [4.69, 9.17) is 4.74 Å². The molecule has 1 unspecified atom stereocenters. The summed E-state index contributed by atoms with van der Waals surface area (Å²) in [5.41, 5.74) is 14.7. The highest BCUT2D eigenvalue weighted by Gasteiger charge is 2.36. The number of aromatic nitrogens is 1. The van der Waals surface area contributed by atoms with Crippen molar-refractivity contribution in [3.8, 4) is 22.6 Å². The third-order valence-electron chi connectivity index (χ3n) is 10.7. The Hall–Kier alpha value is -5.80. The lowest BCUT2D eigenvalue weighted by Gasteiger charge is -2.28. The lowest BCUT2D eigenvalue weighted by molar-refractivity contribution is 0.279. The van der Waals surface area contributed by atoms with E-state index in [1.807, 2.05) is 0 Å². The number of allylic oxidation sites excluding steroid dienone is 2. The predicted octanol–water partition coefficient (Wildman–Crippen LogP) is 11.7. The minimum Gasteiger partial charge on any atom is -0.485 e. The van der Waals surface area contributed by atoms with Gasteiger partial charge in [0.05, 0.1) is 11.0 Å². The van der Waals surface area contributed by atoms with Crippen molar-refractivity contribution in [2.24, 2.45) is 0 Å². The minimum absolute atomic E-state index is 0.0910. The van der Waals surface area contributed by atoms with E-state index in [0.717, 1.165) is 34.9 Å². The molecular formula is C45H34N2O. The molecule has 3 nitrogen and oxygen atoms in total. The quantitative estimate of drug-likeness (QED) is 0.195. The second kappa shape index (κ2) is 10.1. The zero-order valence-electron chi connectivity index (χ0n) is 27.0. The van der Waals surface area contributed by atoms with Crippen LogP contribution in [0, 0.1) is 0 Å². The van der Waals surface area contributed by atoms with Crippen LogP contribution in [0.25, 0.3) is 44.2 Å². The van der Waals surface area contributed by atoms with E-state index >= 15 is 0 Å². The molecule has 0 fully saturated rings. The SMILES string of the molecule is CC1(C)c2ccccc2-c2ccc(N(c3ccc(-n4c5ccccc5c5ccccc54)cc3)c3ccc4c(c3)C3=CC=CCC3O4)cc21. The largest absolute Gasteiger partial charge is 0.485 e. The Morgan fingerprint density at radius 3 is 2.06 bits per heavy atom. The van der Waals surface area contributed by atoms with Crippen molar-refractivity contribution < 1.29 is 4.74 Å². The summed E-state index contributed by atoms with van der Waals surface area (Å²) < 4.78 is 8.75. The zero-order chi connectivity index (χ0) is 32.0. The van der Waals surface area contributed by atoms with E-state index in [0.29, 0.717) is 0 Å². The summed E-state index contributed by atoms with van der Waals surface area (Å²) in [5, 5.41) is 2.54. The number of nitrogens with zero attached hydrogens (tertiary/aromatic N) is 2. The van der Waals surface area contributed by atoms with Crippen molar-refractivity contribution in [2.75, 3.05) is 4.90 Å². The van der Waals surface area contributed by atoms with E-state index in [1.165, 1.54) is 55.2 Å². The Balaban J connectivity index is 1.14. The number of anilines is 3. The molecule has 1 aromatic heterocycles. The molecule has 48 heavy (non-hydrogen) atoms. The Bertz CT molecular complexity index is 2440. The maximum absolute atomic E-state index is 6.37. The van der Waals surface area contributed by atoms with Crippen LogP contribution in [-0.2, 0) is 5.41 Å². The molecule has 230 valence electrons. The molecule has 1 atom stereocenters. The highest BCUT2D eigenvalue weighted by atomic mass is 16.5. The van der Waals surface area contributed by atoms with Crippen LogP contribution < -0.4 is 9.64 Å². The minimum atomic E-state index is -0.0910. The second-order valence-electron chi connectivity index (χ2n) is 13.7. The van der Waals surface area contributed by atoms with Crippen LogP contribution in [0.1, 0.15) is 37.0 Å². The summed E-state index contributed by atoms with van der Waals surface area (Å²) in [6.45, 7) is 4.70. The summed E-state index contributed by atoms with van der Waals surface area (Å²) in [4.78, 5) is 2.40. The molecule has 0 amide bonds. The lowest BCUT2D eigenvalue weighted by Crippen LogP contribution is -2.16. The molecule has 6 aromatic carbocycles. The van der Waals surface area contributed by atoms with Crippen molar-refractivity contribution >= 4 is 44.4 Å². The average molecular weight is 619 g/mol. The van der Waals surface area contributed by atoms with Crippen LogP contribution in [0.3, 0.4) is 0 Å². The third kappa shape index (κ3) is 3.88. The molecule has 0 bridgehead atoms. The average Bonchev–Trinajstić information content (AvgIpc) is 3.75. The molecule has 0 spiro atoms. The van der Waals surface area contributed by atoms with Gasteiger partial charge in [-0.3, -0.25) is 0 Å². The number of fused-ring (bicyclic) bond motifs is 9. The smallest absolute Gasteiger partial charge is 0.128 e. The van der Waals surface area contributed by atoms with Crippen LogP contribution in [0.2, 0.25) is 0 Å². The Labute approximate surface area is 280 Å². The summed E-state index contributed by atoms with van der Waals surface area (Å²) >= 11 is 0. The fraction of sp³-hybridized carbons (Fsp3) is 0.111. The maximum atomic E-state index is 6.37. The molecule has 10 rings (SSSR count). The highest BCUT2D eigenvalue weighted by Crippen LogP contribution is 2.51. The van der Waals surface area contributed by atoms with E-state index < -0.39 is 0 Å². The first kappa shape index (κ1) is 27.3. The van der Waals surface area contributed by atoms with E-state index in [1.54, 1.807) is 0 Å². The van der Waals surface area contributed by atoms with Gasteiger partial charge in [0.25, 0.3) is 0 Å². The van der Waals surface area contributed by atoms with Gasteiger partial charge in [-0.15, -0.1) is 0 Å². The van der Waals surface area contributed by atoms with Crippen molar-refractivity contribution in [3.63, 3.8) is 0 Å². The van der Waals surface area contributed by atoms with Crippen molar-refractivity contribution in [1.29, 1.82) is 0 Å². The zero-order valence-corrected chi connectivity index (χ0v) is 27.0.